The van der Waals surface area contributed by atoms with Gasteiger partial charge < -0.3 is 0 Å². The number of unbranched alkanes of at least 4 members (excludes halogenated alkanes) is 2. The van der Waals surface area contributed by atoms with Crippen LogP contribution in [0.5, 0.6) is 0 Å². The lowest BCUT2D eigenvalue weighted by atomic mass is 10.1. The maximum Gasteiger partial charge on any atom is 0.0561 e. The van der Waals surface area contributed by atoms with E-state index in [4.69, 9.17) is 11.6 Å². The van der Waals surface area contributed by atoms with E-state index in [0.29, 0.717) is 5.25 Å². The Balaban J connectivity index is 2.13. The molecule has 0 aliphatic heterocycles. The first-order valence-corrected chi connectivity index (χ1v) is 8.51. The quantitative estimate of drug-likeness (QED) is 0.604. The molecule has 3 heteroatoms. The van der Waals surface area contributed by atoms with Crippen molar-refractivity contribution < 1.29 is 0 Å². The third kappa shape index (κ3) is 4.53. The van der Waals surface area contributed by atoms with E-state index in [0.717, 1.165) is 5.02 Å². The molecule has 106 valence electrons. The molecule has 0 aliphatic rings. The van der Waals surface area contributed by atoms with Crippen molar-refractivity contribution in [2.45, 2.75) is 31.4 Å². The molecule has 0 N–H and O–H groups in total. The monoisotopic (exact) mass is 305 g/mol. The van der Waals surface area contributed by atoms with Crippen LogP contribution in [-0.2, 0) is 0 Å². The van der Waals surface area contributed by atoms with Crippen LogP contribution in [0.3, 0.4) is 0 Å². The normalized spacial score (nSPS) is 12.3. The summed E-state index contributed by atoms with van der Waals surface area (Å²) in [5.74, 6) is 1.18. The lowest BCUT2D eigenvalue weighted by molar-refractivity contribution is 0.778. The fourth-order valence-corrected chi connectivity index (χ4v) is 3.52. The third-order valence-electron chi connectivity index (χ3n) is 3.19. The molecule has 2 aromatic rings. The number of hydrogen-bond acceptors (Lipinski definition) is 2. The number of hydrogen-bond donors (Lipinski definition) is 0. The van der Waals surface area contributed by atoms with Gasteiger partial charge in [-0.3, -0.25) is 4.98 Å². The number of halogens is 1. The molecule has 1 unspecified atom stereocenters. The van der Waals surface area contributed by atoms with Crippen molar-refractivity contribution in [1.29, 1.82) is 0 Å². The molecular formula is C17H20ClNS. The standard InChI is InChI=1S/C17H20ClNS/c1-2-3-4-12-20-17(15-6-5-11-19-13-15)14-7-9-16(18)10-8-14/h5-11,13,17H,2-4,12H2,1H3. The zero-order valence-electron chi connectivity index (χ0n) is 11.8. The van der Waals surface area contributed by atoms with Crippen molar-refractivity contribution in [1.82, 2.24) is 4.98 Å². The fraction of sp³-hybridized carbons (Fsp3) is 0.353. The van der Waals surface area contributed by atoms with Crippen molar-refractivity contribution in [2.75, 3.05) is 5.75 Å². The molecule has 2 rings (SSSR count). The van der Waals surface area contributed by atoms with Crippen LogP contribution in [-0.4, -0.2) is 10.7 Å². The van der Waals surface area contributed by atoms with Gasteiger partial charge in [0.2, 0.25) is 0 Å². The molecular weight excluding hydrogens is 286 g/mol. The van der Waals surface area contributed by atoms with Crippen LogP contribution in [0.1, 0.15) is 42.6 Å². The molecule has 0 amide bonds. The van der Waals surface area contributed by atoms with E-state index >= 15 is 0 Å². The van der Waals surface area contributed by atoms with Gasteiger partial charge >= 0.3 is 0 Å². The van der Waals surface area contributed by atoms with Gasteiger partial charge in [-0.1, -0.05) is 49.6 Å². The Morgan fingerprint density at radius 3 is 2.55 bits per heavy atom. The van der Waals surface area contributed by atoms with E-state index in [1.54, 1.807) is 0 Å². The van der Waals surface area contributed by atoms with Gasteiger partial charge in [0.25, 0.3) is 0 Å². The van der Waals surface area contributed by atoms with Gasteiger partial charge in [-0.05, 0) is 41.5 Å². The Hall–Kier alpha value is -0.990. The lowest BCUT2D eigenvalue weighted by Gasteiger charge is -2.17. The van der Waals surface area contributed by atoms with Crippen LogP contribution in [0.4, 0.5) is 0 Å². The minimum Gasteiger partial charge on any atom is -0.264 e. The highest BCUT2D eigenvalue weighted by atomic mass is 35.5. The summed E-state index contributed by atoms with van der Waals surface area (Å²) >= 11 is 7.98. The number of thioether (sulfide) groups is 1. The van der Waals surface area contributed by atoms with E-state index < -0.39 is 0 Å². The SMILES string of the molecule is CCCCCSC(c1ccc(Cl)cc1)c1cccnc1. The van der Waals surface area contributed by atoms with Crippen LogP contribution in [0, 0.1) is 0 Å². The van der Waals surface area contributed by atoms with E-state index in [1.165, 1.54) is 36.1 Å². The molecule has 0 saturated carbocycles. The molecule has 0 radical (unpaired) electrons. The van der Waals surface area contributed by atoms with E-state index in [-0.39, 0.29) is 0 Å². The van der Waals surface area contributed by atoms with Gasteiger partial charge in [0.15, 0.2) is 0 Å². The summed E-state index contributed by atoms with van der Waals surface area (Å²) in [7, 11) is 0. The fourth-order valence-electron chi connectivity index (χ4n) is 2.11. The highest BCUT2D eigenvalue weighted by Crippen LogP contribution is 2.36. The van der Waals surface area contributed by atoms with E-state index in [9.17, 15) is 0 Å². The summed E-state index contributed by atoms with van der Waals surface area (Å²) in [5.41, 5.74) is 2.56. The summed E-state index contributed by atoms with van der Waals surface area (Å²) in [6, 6.07) is 12.3. The van der Waals surface area contributed by atoms with Crippen LogP contribution < -0.4 is 0 Å². The second-order valence-electron chi connectivity index (χ2n) is 4.80. The van der Waals surface area contributed by atoms with Gasteiger partial charge in [0.05, 0.1) is 5.25 Å². The van der Waals surface area contributed by atoms with Crippen LogP contribution in [0.2, 0.25) is 5.02 Å². The van der Waals surface area contributed by atoms with Crippen molar-refractivity contribution in [3.8, 4) is 0 Å². The average molecular weight is 306 g/mol. The summed E-state index contributed by atoms with van der Waals surface area (Å²) in [4.78, 5) is 4.25. The Kier molecular flexibility index (Phi) is 6.41. The topological polar surface area (TPSA) is 12.9 Å². The number of benzene rings is 1. The first-order valence-electron chi connectivity index (χ1n) is 7.08. The Labute approximate surface area is 130 Å². The summed E-state index contributed by atoms with van der Waals surface area (Å²) in [5, 5.41) is 1.13. The van der Waals surface area contributed by atoms with Crippen molar-refractivity contribution in [2.24, 2.45) is 0 Å². The van der Waals surface area contributed by atoms with Gasteiger partial charge in [-0.25, -0.2) is 0 Å². The van der Waals surface area contributed by atoms with Crippen molar-refractivity contribution in [3.05, 3.63) is 64.9 Å². The molecule has 0 bridgehead atoms. The third-order valence-corrected chi connectivity index (χ3v) is 4.85. The zero-order chi connectivity index (χ0) is 14.2. The smallest absolute Gasteiger partial charge is 0.0561 e. The molecule has 20 heavy (non-hydrogen) atoms. The maximum absolute atomic E-state index is 5.99. The predicted molar refractivity (Wildman–Crippen MR) is 89.5 cm³/mol. The van der Waals surface area contributed by atoms with Crippen molar-refractivity contribution in [3.63, 3.8) is 0 Å². The first-order chi connectivity index (χ1) is 9.81. The molecule has 1 heterocycles. The largest absolute Gasteiger partial charge is 0.264 e. The minimum absolute atomic E-state index is 0.345. The molecule has 1 atom stereocenters. The van der Waals surface area contributed by atoms with Gasteiger partial charge in [0.1, 0.15) is 0 Å². The highest BCUT2D eigenvalue weighted by Gasteiger charge is 2.14. The van der Waals surface area contributed by atoms with Crippen LogP contribution in [0.25, 0.3) is 0 Å². The summed E-state index contributed by atoms with van der Waals surface area (Å²) < 4.78 is 0. The van der Waals surface area contributed by atoms with E-state index in [1.807, 2.05) is 42.4 Å². The zero-order valence-corrected chi connectivity index (χ0v) is 13.3. The van der Waals surface area contributed by atoms with Gasteiger partial charge in [-0.15, -0.1) is 11.8 Å². The molecule has 0 saturated heterocycles. The Morgan fingerprint density at radius 1 is 1.10 bits per heavy atom. The van der Waals surface area contributed by atoms with Gasteiger partial charge in [0, 0.05) is 17.4 Å². The lowest BCUT2D eigenvalue weighted by Crippen LogP contribution is -1.98. The second kappa shape index (κ2) is 8.33. The Morgan fingerprint density at radius 2 is 1.90 bits per heavy atom. The maximum atomic E-state index is 5.99. The summed E-state index contributed by atoms with van der Waals surface area (Å²) in [6.07, 6.45) is 7.62. The molecule has 0 spiro atoms. The van der Waals surface area contributed by atoms with Crippen LogP contribution >= 0.6 is 23.4 Å². The number of aromatic nitrogens is 1. The molecule has 0 fully saturated rings. The molecule has 1 nitrogen and oxygen atoms in total. The minimum atomic E-state index is 0.345. The molecule has 1 aromatic heterocycles. The number of rotatable bonds is 7. The van der Waals surface area contributed by atoms with E-state index in [2.05, 4.69) is 30.1 Å². The van der Waals surface area contributed by atoms with Crippen molar-refractivity contribution >= 4 is 23.4 Å². The molecule has 0 aliphatic carbocycles. The van der Waals surface area contributed by atoms with Crippen LogP contribution in [0.15, 0.2) is 48.8 Å². The second-order valence-corrected chi connectivity index (χ2v) is 6.45. The van der Waals surface area contributed by atoms with Gasteiger partial charge in [-0.2, -0.15) is 0 Å². The average Bonchev–Trinajstić information content (AvgIpc) is 2.50. The Bertz CT molecular complexity index is 498. The predicted octanol–water partition coefficient (Wildman–Crippen LogP) is 5.75. The first kappa shape index (κ1) is 15.4. The summed E-state index contributed by atoms with van der Waals surface area (Å²) in [6.45, 7) is 2.24. The number of pyridine rings is 1. The highest BCUT2D eigenvalue weighted by molar-refractivity contribution is 7.99. The molecule has 1 aromatic carbocycles. The number of nitrogens with zero attached hydrogens (tertiary/aromatic N) is 1.